The van der Waals surface area contributed by atoms with Crippen LogP contribution >= 0.6 is 0 Å². The molecule has 2 aliphatic rings. The van der Waals surface area contributed by atoms with Crippen molar-refractivity contribution in [3.05, 3.63) is 54.0 Å². The second kappa shape index (κ2) is 3.75. The average molecular weight is 173 g/mol. The predicted octanol–water partition coefficient (Wildman–Crippen LogP) is 2.59. The van der Waals surface area contributed by atoms with Crippen LogP contribution in [0.2, 0.25) is 0 Å². The summed E-state index contributed by atoms with van der Waals surface area (Å²) in [6, 6.07) is 0. The lowest BCUT2D eigenvalue weighted by molar-refractivity contribution is 0.127. The van der Waals surface area contributed by atoms with Crippen LogP contribution in [0, 0.1) is 6.42 Å². The minimum atomic E-state index is 0.153. The van der Waals surface area contributed by atoms with E-state index in [4.69, 9.17) is 4.74 Å². The van der Waals surface area contributed by atoms with E-state index >= 15 is 0 Å². The van der Waals surface area contributed by atoms with Crippen LogP contribution < -0.4 is 0 Å². The van der Waals surface area contributed by atoms with Crippen molar-refractivity contribution in [1.82, 2.24) is 0 Å². The number of hydrogen-bond acceptors (Lipinski definition) is 1. The molecule has 1 heteroatoms. The van der Waals surface area contributed by atoms with Gasteiger partial charge in [0.2, 0.25) is 0 Å². The van der Waals surface area contributed by atoms with E-state index in [0.29, 0.717) is 0 Å². The van der Waals surface area contributed by atoms with Gasteiger partial charge in [0.1, 0.15) is 0 Å². The maximum Gasteiger partial charge on any atom is 0.0949 e. The van der Waals surface area contributed by atoms with Gasteiger partial charge in [-0.1, -0.05) is 30.4 Å². The number of ether oxygens (including phenoxy) is 1. The molecule has 0 fully saturated rings. The highest BCUT2D eigenvalue weighted by atomic mass is 16.5. The van der Waals surface area contributed by atoms with Crippen molar-refractivity contribution >= 4 is 0 Å². The molecule has 0 spiro atoms. The number of hydrogen-bond donors (Lipinski definition) is 0. The third-order valence-electron chi connectivity index (χ3n) is 2.16. The summed E-state index contributed by atoms with van der Waals surface area (Å²) in [5, 5.41) is 0. The summed E-state index contributed by atoms with van der Waals surface area (Å²) in [7, 11) is 0. The standard InChI is InChI=1S/C12H13O/c1-2-13-12-8-7-10-5-3-4-6-11(10)9-12/h3-9,12H,2H2,1H3. The summed E-state index contributed by atoms with van der Waals surface area (Å²) < 4.78 is 5.50. The molecule has 1 unspecified atom stereocenters. The van der Waals surface area contributed by atoms with Crippen molar-refractivity contribution in [2.75, 3.05) is 6.61 Å². The molecule has 1 nitrogen and oxygen atoms in total. The Morgan fingerprint density at radius 1 is 1.31 bits per heavy atom. The molecule has 1 radical (unpaired) electrons. The molecule has 2 rings (SSSR count). The predicted molar refractivity (Wildman–Crippen MR) is 54.2 cm³/mol. The first-order valence-corrected chi connectivity index (χ1v) is 4.64. The van der Waals surface area contributed by atoms with Gasteiger partial charge in [-0.05, 0) is 24.1 Å². The summed E-state index contributed by atoms with van der Waals surface area (Å²) in [6.45, 7) is 2.77. The Morgan fingerprint density at radius 3 is 3.08 bits per heavy atom. The first-order valence-electron chi connectivity index (χ1n) is 4.64. The third kappa shape index (κ3) is 1.81. The number of allylic oxidation sites excluding steroid dienone is 6. The summed E-state index contributed by atoms with van der Waals surface area (Å²) in [4.78, 5) is 0. The highest BCUT2D eigenvalue weighted by molar-refractivity contribution is 5.55. The topological polar surface area (TPSA) is 9.23 Å². The Morgan fingerprint density at radius 2 is 2.23 bits per heavy atom. The van der Waals surface area contributed by atoms with Gasteiger partial charge in [-0.3, -0.25) is 0 Å². The van der Waals surface area contributed by atoms with E-state index in [0.717, 1.165) is 6.61 Å². The highest BCUT2D eigenvalue weighted by Gasteiger charge is 2.11. The van der Waals surface area contributed by atoms with E-state index in [9.17, 15) is 0 Å². The lowest BCUT2D eigenvalue weighted by Gasteiger charge is -2.18. The summed E-state index contributed by atoms with van der Waals surface area (Å²) in [5.74, 6) is 0. The molecule has 0 saturated heterocycles. The average Bonchev–Trinajstić information content (AvgIpc) is 2.18. The molecule has 0 N–H and O–H groups in total. The first kappa shape index (κ1) is 8.52. The fraction of sp³-hybridized carbons (Fsp3) is 0.250. The van der Waals surface area contributed by atoms with Crippen LogP contribution in [0.1, 0.15) is 6.92 Å². The first-order chi connectivity index (χ1) is 6.40. The largest absolute Gasteiger partial charge is 0.370 e. The number of rotatable bonds is 2. The lowest BCUT2D eigenvalue weighted by Crippen LogP contribution is -2.11. The van der Waals surface area contributed by atoms with Gasteiger partial charge in [-0.15, -0.1) is 0 Å². The molecule has 0 bridgehead atoms. The molecular formula is C12H13O. The Balaban J connectivity index is 2.17. The van der Waals surface area contributed by atoms with Crippen molar-refractivity contribution in [2.24, 2.45) is 0 Å². The molecule has 0 aromatic carbocycles. The molecular weight excluding hydrogens is 160 g/mol. The van der Waals surface area contributed by atoms with Gasteiger partial charge in [-0.2, -0.15) is 0 Å². The SMILES string of the molecule is CCOC1C=CC2=C[CH]C=CC2=C1. The van der Waals surface area contributed by atoms with Gasteiger partial charge in [0.05, 0.1) is 6.10 Å². The summed E-state index contributed by atoms with van der Waals surface area (Å²) in [6.07, 6.45) is 14.9. The van der Waals surface area contributed by atoms with Crippen LogP contribution in [-0.2, 0) is 4.74 Å². The second-order valence-corrected chi connectivity index (χ2v) is 3.07. The second-order valence-electron chi connectivity index (χ2n) is 3.07. The number of fused-ring (bicyclic) bond motifs is 1. The fourth-order valence-corrected chi connectivity index (χ4v) is 1.54. The highest BCUT2D eigenvalue weighted by Crippen LogP contribution is 2.24. The molecule has 0 aromatic heterocycles. The summed E-state index contributed by atoms with van der Waals surface area (Å²) in [5.41, 5.74) is 2.54. The van der Waals surface area contributed by atoms with Gasteiger partial charge in [-0.25, -0.2) is 0 Å². The van der Waals surface area contributed by atoms with Crippen molar-refractivity contribution < 1.29 is 4.74 Å². The van der Waals surface area contributed by atoms with Crippen LogP contribution in [0.3, 0.4) is 0 Å². The third-order valence-corrected chi connectivity index (χ3v) is 2.16. The molecule has 0 aromatic rings. The molecule has 1 atom stereocenters. The van der Waals surface area contributed by atoms with Gasteiger partial charge in [0.15, 0.2) is 0 Å². The van der Waals surface area contributed by atoms with Crippen LogP contribution in [0.4, 0.5) is 0 Å². The smallest absolute Gasteiger partial charge is 0.0949 e. The zero-order valence-electron chi connectivity index (χ0n) is 7.73. The molecule has 13 heavy (non-hydrogen) atoms. The summed E-state index contributed by atoms with van der Waals surface area (Å²) >= 11 is 0. The van der Waals surface area contributed by atoms with Gasteiger partial charge in [0.25, 0.3) is 0 Å². The van der Waals surface area contributed by atoms with E-state index in [2.05, 4.69) is 42.9 Å². The Bertz CT molecular complexity index is 305. The molecule has 0 amide bonds. The van der Waals surface area contributed by atoms with E-state index in [1.807, 2.05) is 6.92 Å². The van der Waals surface area contributed by atoms with Crippen LogP contribution in [0.15, 0.2) is 47.6 Å². The zero-order chi connectivity index (χ0) is 9.10. The quantitative estimate of drug-likeness (QED) is 0.623. The molecule has 0 saturated carbocycles. The van der Waals surface area contributed by atoms with Crippen LogP contribution in [0.5, 0.6) is 0 Å². The van der Waals surface area contributed by atoms with Crippen molar-refractivity contribution in [2.45, 2.75) is 13.0 Å². The Labute approximate surface area is 79.1 Å². The Hall–Kier alpha value is -1.08. The van der Waals surface area contributed by atoms with E-state index in [-0.39, 0.29) is 6.10 Å². The fourth-order valence-electron chi connectivity index (χ4n) is 1.54. The molecule has 0 aliphatic heterocycles. The molecule has 2 aliphatic carbocycles. The van der Waals surface area contributed by atoms with Crippen molar-refractivity contribution in [3.8, 4) is 0 Å². The molecule has 0 heterocycles. The maximum atomic E-state index is 5.50. The van der Waals surface area contributed by atoms with E-state index < -0.39 is 0 Å². The van der Waals surface area contributed by atoms with Crippen LogP contribution in [0.25, 0.3) is 0 Å². The lowest BCUT2D eigenvalue weighted by atomic mass is 9.94. The van der Waals surface area contributed by atoms with Gasteiger partial charge >= 0.3 is 0 Å². The molecule has 67 valence electrons. The normalized spacial score (nSPS) is 25.2. The van der Waals surface area contributed by atoms with Crippen molar-refractivity contribution in [1.29, 1.82) is 0 Å². The van der Waals surface area contributed by atoms with E-state index in [1.165, 1.54) is 11.1 Å². The minimum Gasteiger partial charge on any atom is -0.370 e. The zero-order valence-corrected chi connectivity index (χ0v) is 7.73. The monoisotopic (exact) mass is 173 g/mol. The van der Waals surface area contributed by atoms with Crippen LogP contribution in [-0.4, -0.2) is 12.7 Å². The minimum absolute atomic E-state index is 0.153. The maximum absolute atomic E-state index is 5.50. The van der Waals surface area contributed by atoms with Gasteiger partial charge < -0.3 is 4.74 Å². The Kier molecular flexibility index (Phi) is 2.46. The van der Waals surface area contributed by atoms with Gasteiger partial charge in [0, 0.05) is 13.0 Å². The van der Waals surface area contributed by atoms with E-state index in [1.54, 1.807) is 0 Å². The van der Waals surface area contributed by atoms with Crippen molar-refractivity contribution in [3.63, 3.8) is 0 Å².